The molecule has 0 unspecified atom stereocenters. The summed E-state index contributed by atoms with van der Waals surface area (Å²) in [5.41, 5.74) is 1.68. The summed E-state index contributed by atoms with van der Waals surface area (Å²) in [5, 5.41) is 10.9. The number of imidazole rings is 1. The number of amides is 2. The van der Waals surface area contributed by atoms with Gasteiger partial charge >= 0.3 is 0 Å². The summed E-state index contributed by atoms with van der Waals surface area (Å²) < 4.78 is 1.55. The molecule has 1 aliphatic heterocycles. The van der Waals surface area contributed by atoms with E-state index >= 15 is 0 Å². The number of carbonyl (C=O) groups excluding carboxylic acids is 2. The van der Waals surface area contributed by atoms with Crippen LogP contribution >= 0.6 is 0 Å². The van der Waals surface area contributed by atoms with Crippen LogP contribution in [0.3, 0.4) is 0 Å². The number of imide groups is 1. The minimum atomic E-state index is -0.501. The Kier molecular flexibility index (Phi) is 2.92. The molecule has 2 aromatic carbocycles. The first-order chi connectivity index (χ1) is 11.6. The minimum Gasteiger partial charge on any atom is -0.311 e. The number of hydrogen-bond donors (Lipinski definition) is 0. The molecule has 0 saturated carbocycles. The summed E-state index contributed by atoms with van der Waals surface area (Å²) in [5.74, 6) is -0.772. The molecule has 0 bridgehead atoms. The Morgan fingerprint density at radius 3 is 2.33 bits per heavy atom. The first-order valence-corrected chi connectivity index (χ1v) is 7.11. The highest BCUT2D eigenvalue weighted by Crippen LogP contribution is 2.25. The Morgan fingerprint density at radius 2 is 1.71 bits per heavy atom. The standard InChI is InChI=1S/C16H10N4O4/c21-15-11-3-1-2-4-12(11)16(22)19(15)9-18-8-17-13-6-5-10(20(23)24)7-14(13)18/h1-8H,9H2. The van der Waals surface area contributed by atoms with E-state index in [9.17, 15) is 19.7 Å². The van der Waals surface area contributed by atoms with Crippen LogP contribution < -0.4 is 0 Å². The van der Waals surface area contributed by atoms with Crippen molar-refractivity contribution in [1.82, 2.24) is 14.5 Å². The normalized spacial score (nSPS) is 13.6. The maximum absolute atomic E-state index is 12.4. The third-order valence-electron chi connectivity index (χ3n) is 3.99. The molecule has 3 aromatic rings. The number of hydrogen-bond acceptors (Lipinski definition) is 5. The zero-order valence-electron chi connectivity index (χ0n) is 12.2. The zero-order valence-corrected chi connectivity index (χ0v) is 12.2. The lowest BCUT2D eigenvalue weighted by molar-refractivity contribution is -0.384. The molecule has 0 atom stereocenters. The molecule has 8 nitrogen and oxygen atoms in total. The Bertz CT molecular complexity index is 989. The molecule has 4 rings (SSSR count). The third kappa shape index (κ3) is 1.97. The average Bonchev–Trinajstić information content (AvgIpc) is 3.10. The number of nitrogens with zero attached hydrogens (tertiary/aromatic N) is 4. The molecule has 0 spiro atoms. The smallest absolute Gasteiger partial charge is 0.271 e. The van der Waals surface area contributed by atoms with Gasteiger partial charge in [-0.3, -0.25) is 24.6 Å². The molecule has 0 N–H and O–H groups in total. The second-order valence-corrected chi connectivity index (χ2v) is 5.37. The van der Waals surface area contributed by atoms with E-state index in [1.54, 1.807) is 28.8 Å². The summed E-state index contributed by atoms with van der Waals surface area (Å²) in [7, 11) is 0. The summed E-state index contributed by atoms with van der Waals surface area (Å²) in [6, 6.07) is 10.9. The number of nitro benzene ring substituents is 1. The van der Waals surface area contributed by atoms with Crippen LogP contribution in [0.5, 0.6) is 0 Å². The van der Waals surface area contributed by atoms with Crippen LogP contribution in [0.1, 0.15) is 20.7 Å². The fourth-order valence-electron chi connectivity index (χ4n) is 2.79. The molecule has 0 saturated heterocycles. The van der Waals surface area contributed by atoms with E-state index in [1.165, 1.54) is 24.5 Å². The van der Waals surface area contributed by atoms with Crippen LogP contribution in [-0.2, 0) is 6.67 Å². The number of rotatable bonds is 3. The monoisotopic (exact) mass is 322 g/mol. The van der Waals surface area contributed by atoms with E-state index in [2.05, 4.69) is 4.98 Å². The molecular weight excluding hydrogens is 312 g/mol. The van der Waals surface area contributed by atoms with Crippen molar-refractivity contribution in [2.24, 2.45) is 0 Å². The zero-order chi connectivity index (χ0) is 16.8. The van der Waals surface area contributed by atoms with Crippen LogP contribution in [-0.4, -0.2) is 31.2 Å². The van der Waals surface area contributed by atoms with E-state index in [1.807, 2.05) is 0 Å². The molecule has 2 amide bonds. The molecule has 24 heavy (non-hydrogen) atoms. The van der Waals surface area contributed by atoms with Gasteiger partial charge in [-0.1, -0.05) is 12.1 Å². The van der Waals surface area contributed by atoms with Crippen LogP contribution in [0, 0.1) is 10.1 Å². The molecule has 1 aliphatic rings. The van der Waals surface area contributed by atoms with Gasteiger partial charge in [-0.05, 0) is 18.2 Å². The Balaban J connectivity index is 1.73. The van der Waals surface area contributed by atoms with Gasteiger partial charge in [-0.15, -0.1) is 0 Å². The lowest BCUT2D eigenvalue weighted by Crippen LogP contribution is -2.31. The lowest BCUT2D eigenvalue weighted by atomic mass is 10.1. The average molecular weight is 322 g/mol. The van der Waals surface area contributed by atoms with Gasteiger partial charge in [-0.25, -0.2) is 4.98 Å². The predicted octanol–water partition coefficient (Wildman–Crippen LogP) is 2.20. The van der Waals surface area contributed by atoms with Crippen molar-refractivity contribution in [3.8, 4) is 0 Å². The first kappa shape index (κ1) is 14.1. The van der Waals surface area contributed by atoms with Gasteiger partial charge in [0, 0.05) is 12.1 Å². The largest absolute Gasteiger partial charge is 0.311 e. The quantitative estimate of drug-likeness (QED) is 0.418. The number of aromatic nitrogens is 2. The van der Waals surface area contributed by atoms with Gasteiger partial charge in [0.15, 0.2) is 0 Å². The fourth-order valence-corrected chi connectivity index (χ4v) is 2.79. The van der Waals surface area contributed by atoms with Gasteiger partial charge in [0.25, 0.3) is 17.5 Å². The number of non-ortho nitro benzene ring substituents is 1. The van der Waals surface area contributed by atoms with E-state index in [0.717, 1.165) is 4.90 Å². The van der Waals surface area contributed by atoms with Gasteiger partial charge in [0.1, 0.15) is 6.67 Å². The highest BCUT2D eigenvalue weighted by atomic mass is 16.6. The van der Waals surface area contributed by atoms with Crippen LogP contribution in [0.25, 0.3) is 11.0 Å². The lowest BCUT2D eigenvalue weighted by Gasteiger charge is -2.15. The Morgan fingerprint density at radius 1 is 1.04 bits per heavy atom. The van der Waals surface area contributed by atoms with Crippen molar-refractivity contribution in [1.29, 1.82) is 0 Å². The van der Waals surface area contributed by atoms with Gasteiger partial charge in [0.05, 0.1) is 33.4 Å². The summed E-state index contributed by atoms with van der Waals surface area (Å²) in [6.45, 7) is -0.0516. The van der Waals surface area contributed by atoms with Crippen molar-refractivity contribution >= 4 is 28.5 Å². The van der Waals surface area contributed by atoms with Gasteiger partial charge in [-0.2, -0.15) is 0 Å². The van der Waals surface area contributed by atoms with Gasteiger partial charge < -0.3 is 4.57 Å². The number of nitro groups is 1. The maximum atomic E-state index is 12.4. The van der Waals surface area contributed by atoms with Crippen LogP contribution in [0.15, 0.2) is 48.8 Å². The van der Waals surface area contributed by atoms with E-state index < -0.39 is 4.92 Å². The highest BCUT2D eigenvalue weighted by molar-refractivity contribution is 6.21. The minimum absolute atomic E-state index is 0.0516. The summed E-state index contributed by atoms with van der Waals surface area (Å²) >= 11 is 0. The van der Waals surface area contributed by atoms with Crippen molar-refractivity contribution in [3.63, 3.8) is 0 Å². The van der Waals surface area contributed by atoms with Crippen molar-refractivity contribution < 1.29 is 14.5 Å². The Labute approximate surface area is 135 Å². The van der Waals surface area contributed by atoms with E-state index in [0.29, 0.717) is 22.2 Å². The number of carbonyl (C=O) groups is 2. The molecule has 0 radical (unpaired) electrons. The van der Waals surface area contributed by atoms with Crippen LogP contribution in [0.4, 0.5) is 5.69 Å². The molecule has 118 valence electrons. The van der Waals surface area contributed by atoms with E-state index in [4.69, 9.17) is 0 Å². The first-order valence-electron chi connectivity index (χ1n) is 7.11. The van der Waals surface area contributed by atoms with Crippen molar-refractivity contribution in [3.05, 3.63) is 70.0 Å². The highest BCUT2D eigenvalue weighted by Gasteiger charge is 2.35. The molecular formula is C16H10N4O4. The topological polar surface area (TPSA) is 98.3 Å². The second kappa shape index (κ2) is 4.98. The maximum Gasteiger partial charge on any atom is 0.271 e. The molecule has 2 heterocycles. The second-order valence-electron chi connectivity index (χ2n) is 5.37. The van der Waals surface area contributed by atoms with E-state index in [-0.39, 0.29) is 24.2 Å². The third-order valence-corrected chi connectivity index (χ3v) is 3.99. The fraction of sp³-hybridized carbons (Fsp3) is 0.0625. The summed E-state index contributed by atoms with van der Waals surface area (Å²) in [6.07, 6.45) is 1.46. The molecule has 0 aliphatic carbocycles. The SMILES string of the molecule is O=C1c2ccccc2C(=O)N1Cn1cnc2ccc([N+](=O)[O-])cc21. The van der Waals surface area contributed by atoms with Crippen LogP contribution in [0.2, 0.25) is 0 Å². The van der Waals surface area contributed by atoms with Crippen molar-refractivity contribution in [2.75, 3.05) is 0 Å². The number of fused-ring (bicyclic) bond motifs is 2. The Hall–Kier alpha value is -3.55. The van der Waals surface area contributed by atoms with Gasteiger partial charge in [0.2, 0.25) is 0 Å². The predicted molar refractivity (Wildman–Crippen MR) is 83.3 cm³/mol. The van der Waals surface area contributed by atoms with Crippen molar-refractivity contribution in [2.45, 2.75) is 6.67 Å². The molecule has 0 fully saturated rings. The molecule has 1 aromatic heterocycles. The molecule has 8 heteroatoms. The number of benzene rings is 2. The summed E-state index contributed by atoms with van der Waals surface area (Å²) in [4.78, 5) is 40.5.